The van der Waals surface area contributed by atoms with Crippen molar-refractivity contribution < 1.29 is 19.2 Å². The van der Waals surface area contributed by atoms with Crippen LogP contribution in [0.4, 0.5) is 27.8 Å². The number of nitro benzene ring substituents is 1. The normalized spacial score (nSPS) is 13.4. The van der Waals surface area contributed by atoms with Crippen LogP contribution in [-0.4, -0.2) is 53.9 Å². The Labute approximate surface area is 219 Å². The van der Waals surface area contributed by atoms with Gasteiger partial charge >= 0.3 is 6.09 Å². The summed E-state index contributed by atoms with van der Waals surface area (Å²) in [7, 11) is 0. The second-order valence-electron chi connectivity index (χ2n) is 8.66. The average Bonchev–Trinajstić information content (AvgIpc) is 2.92. The predicted octanol–water partition coefficient (Wildman–Crippen LogP) is 5.00. The largest absolute Gasteiger partial charge is 0.449 e. The molecule has 198 valence electrons. The van der Waals surface area contributed by atoms with E-state index < -0.39 is 11.0 Å². The monoisotopic (exact) mass is 519 g/mol. The number of aromatic nitrogens is 2. The van der Waals surface area contributed by atoms with E-state index in [1.807, 2.05) is 31.2 Å². The molecule has 0 radical (unpaired) electrons. The second kappa shape index (κ2) is 13.2. The summed E-state index contributed by atoms with van der Waals surface area (Å²) in [5.41, 5.74) is 2.58. The smallest absolute Gasteiger partial charge is 0.411 e. The number of carbonyl (C=O) groups excluding carboxylic acids is 1. The van der Waals surface area contributed by atoms with Crippen molar-refractivity contribution >= 4 is 29.1 Å². The van der Waals surface area contributed by atoms with E-state index >= 15 is 0 Å². The van der Waals surface area contributed by atoms with Crippen molar-refractivity contribution in [3.8, 4) is 0 Å². The minimum absolute atomic E-state index is 0.0581. The van der Waals surface area contributed by atoms with E-state index in [1.165, 1.54) is 29.8 Å². The number of morpholine rings is 1. The highest BCUT2D eigenvalue weighted by Gasteiger charge is 2.15. The molecule has 1 amide bonds. The van der Waals surface area contributed by atoms with Crippen molar-refractivity contribution in [1.82, 2.24) is 9.97 Å². The molecule has 0 unspecified atom stereocenters. The van der Waals surface area contributed by atoms with Crippen LogP contribution in [0.2, 0.25) is 0 Å². The molecular formula is C26H29N7O5. The van der Waals surface area contributed by atoms with Crippen molar-refractivity contribution in [2.75, 3.05) is 43.1 Å². The molecule has 0 saturated carbocycles. The molecule has 4 rings (SSSR count). The number of nitrogens with one attached hydrogen (secondary N) is 1. The van der Waals surface area contributed by atoms with Crippen molar-refractivity contribution in [2.45, 2.75) is 26.3 Å². The first-order chi connectivity index (χ1) is 18.5. The van der Waals surface area contributed by atoms with Crippen LogP contribution in [0.15, 0.2) is 64.8 Å². The number of benzene rings is 2. The first kappa shape index (κ1) is 26.6. The third-order valence-electron chi connectivity index (χ3n) is 5.69. The minimum atomic E-state index is -0.646. The third kappa shape index (κ3) is 8.03. The highest BCUT2D eigenvalue weighted by Crippen LogP contribution is 2.21. The number of ether oxygens (including phenoxy) is 2. The van der Waals surface area contributed by atoms with E-state index in [4.69, 9.17) is 9.47 Å². The summed E-state index contributed by atoms with van der Waals surface area (Å²) in [6.07, 6.45) is 0.330. The average molecular weight is 520 g/mol. The summed E-state index contributed by atoms with van der Waals surface area (Å²) in [5.74, 6) is 1.82. The number of hydrogen-bond donors (Lipinski definition) is 1. The summed E-state index contributed by atoms with van der Waals surface area (Å²) in [4.78, 5) is 33.7. The number of anilines is 2. The summed E-state index contributed by atoms with van der Waals surface area (Å²) in [5, 5.41) is 22.0. The Bertz CT molecular complexity index is 1280. The lowest BCUT2D eigenvalue weighted by Gasteiger charge is -2.28. The summed E-state index contributed by atoms with van der Waals surface area (Å²) in [6, 6.07) is 15.4. The standard InChI is InChI=1S/C26H29N7O5/c1-19-4-2-5-20(16-19)18-27-31-24-17-25(32-11-14-37-15-12-32)30-23(29-24)6-3-13-38-26(34)28-21-7-9-22(10-8-21)33(35)36/h2,4-5,7-10,16-17H,3,6,11-15,18H2,1H3,(H,28,34). The Balaban J connectivity index is 1.34. The van der Waals surface area contributed by atoms with Crippen LogP contribution in [0.3, 0.4) is 0 Å². The lowest BCUT2D eigenvalue weighted by molar-refractivity contribution is -0.384. The fourth-order valence-electron chi connectivity index (χ4n) is 3.80. The fraction of sp³-hybridized carbons (Fsp3) is 0.346. The van der Waals surface area contributed by atoms with E-state index in [9.17, 15) is 14.9 Å². The van der Waals surface area contributed by atoms with E-state index in [1.54, 1.807) is 0 Å². The molecule has 12 nitrogen and oxygen atoms in total. The lowest BCUT2D eigenvalue weighted by atomic mass is 10.1. The van der Waals surface area contributed by atoms with Gasteiger partial charge < -0.3 is 14.4 Å². The van der Waals surface area contributed by atoms with Crippen LogP contribution in [-0.2, 0) is 22.4 Å². The Kier molecular flexibility index (Phi) is 9.24. The number of aryl methyl sites for hydroxylation is 2. The van der Waals surface area contributed by atoms with Gasteiger partial charge in [-0.3, -0.25) is 15.4 Å². The number of azo groups is 1. The molecule has 1 aromatic heterocycles. The highest BCUT2D eigenvalue weighted by atomic mass is 16.6. The Morgan fingerprint density at radius 1 is 1.16 bits per heavy atom. The van der Waals surface area contributed by atoms with Gasteiger partial charge in [-0.05, 0) is 31.0 Å². The van der Waals surface area contributed by atoms with E-state index in [-0.39, 0.29) is 12.3 Å². The van der Waals surface area contributed by atoms with Crippen LogP contribution >= 0.6 is 0 Å². The summed E-state index contributed by atoms with van der Waals surface area (Å²) in [6.45, 7) is 5.34. The van der Waals surface area contributed by atoms with Gasteiger partial charge in [-0.15, -0.1) is 5.11 Å². The first-order valence-corrected chi connectivity index (χ1v) is 12.3. The molecule has 38 heavy (non-hydrogen) atoms. The van der Waals surface area contributed by atoms with Crippen LogP contribution in [0.1, 0.15) is 23.4 Å². The maximum absolute atomic E-state index is 12.1. The Morgan fingerprint density at radius 2 is 1.95 bits per heavy atom. The summed E-state index contributed by atoms with van der Waals surface area (Å²) >= 11 is 0. The molecule has 12 heteroatoms. The molecule has 1 aliphatic rings. The van der Waals surface area contributed by atoms with Crippen LogP contribution in [0, 0.1) is 17.0 Å². The maximum atomic E-state index is 12.1. The zero-order valence-corrected chi connectivity index (χ0v) is 21.1. The molecule has 0 atom stereocenters. The third-order valence-corrected chi connectivity index (χ3v) is 5.69. The van der Waals surface area contributed by atoms with E-state index in [0.717, 1.165) is 24.5 Å². The Morgan fingerprint density at radius 3 is 2.68 bits per heavy atom. The van der Waals surface area contributed by atoms with Crippen molar-refractivity contribution in [3.63, 3.8) is 0 Å². The van der Waals surface area contributed by atoms with Gasteiger partial charge in [-0.2, -0.15) is 5.11 Å². The topological polar surface area (TPSA) is 144 Å². The zero-order chi connectivity index (χ0) is 26.7. The molecule has 1 saturated heterocycles. The van der Waals surface area contributed by atoms with Crippen LogP contribution in [0.5, 0.6) is 0 Å². The van der Waals surface area contributed by atoms with Crippen molar-refractivity contribution in [3.05, 3.63) is 81.7 Å². The molecule has 1 fully saturated rings. The zero-order valence-electron chi connectivity index (χ0n) is 21.1. The van der Waals surface area contributed by atoms with E-state index in [0.29, 0.717) is 49.9 Å². The van der Waals surface area contributed by atoms with Crippen molar-refractivity contribution in [2.24, 2.45) is 10.2 Å². The van der Waals surface area contributed by atoms with Gasteiger partial charge in [0.1, 0.15) is 11.6 Å². The number of nitro groups is 1. The van der Waals surface area contributed by atoms with Gasteiger partial charge in [0.05, 0.1) is 31.3 Å². The lowest BCUT2D eigenvalue weighted by Crippen LogP contribution is -2.36. The number of nitrogens with zero attached hydrogens (tertiary/aromatic N) is 6. The quantitative estimate of drug-likeness (QED) is 0.171. The van der Waals surface area contributed by atoms with E-state index in [2.05, 4.69) is 36.5 Å². The Hall–Kier alpha value is -4.45. The molecule has 0 spiro atoms. The second-order valence-corrected chi connectivity index (χ2v) is 8.66. The number of rotatable bonds is 10. The maximum Gasteiger partial charge on any atom is 0.411 e. The molecular weight excluding hydrogens is 490 g/mol. The molecule has 1 N–H and O–H groups in total. The fourth-order valence-corrected chi connectivity index (χ4v) is 3.80. The predicted molar refractivity (Wildman–Crippen MR) is 141 cm³/mol. The molecule has 1 aliphatic heterocycles. The molecule has 2 aromatic carbocycles. The van der Waals surface area contributed by atoms with Gasteiger partial charge in [0.25, 0.3) is 5.69 Å². The van der Waals surface area contributed by atoms with Gasteiger partial charge in [0, 0.05) is 43.4 Å². The van der Waals surface area contributed by atoms with Gasteiger partial charge in [0.2, 0.25) is 0 Å². The molecule has 0 bridgehead atoms. The highest BCUT2D eigenvalue weighted by molar-refractivity contribution is 5.84. The molecule has 0 aliphatic carbocycles. The van der Waals surface area contributed by atoms with Gasteiger partial charge in [-0.1, -0.05) is 29.8 Å². The molecule has 2 heterocycles. The molecule has 3 aromatic rings. The van der Waals surface area contributed by atoms with Gasteiger partial charge in [-0.25, -0.2) is 14.8 Å². The first-order valence-electron chi connectivity index (χ1n) is 12.3. The van der Waals surface area contributed by atoms with Gasteiger partial charge in [0.15, 0.2) is 5.82 Å². The summed E-state index contributed by atoms with van der Waals surface area (Å²) < 4.78 is 10.7. The van der Waals surface area contributed by atoms with Crippen LogP contribution in [0.25, 0.3) is 0 Å². The number of non-ortho nitro benzene ring substituents is 1. The van der Waals surface area contributed by atoms with Crippen molar-refractivity contribution in [1.29, 1.82) is 0 Å². The number of carbonyl (C=O) groups is 1. The number of hydrogen-bond acceptors (Lipinski definition) is 10. The number of amides is 1. The SMILES string of the molecule is Cc1cccc(CN=Nc2cc(N3CCOCC3)nc(CCCOC(=O)Nc3ccc([N+](=O)[O-])cc3)n2)c1. The van der Waals surface area contributed by atoms with Crippen LogP contribution < -0.4 is 10.2 Å². The minimum Gasteiger partial charge on any atom is -0.449 e.